The van der Waals surface area contributed by atoms with Crippen LogP contribution in [0.2, 0.25) is 0 Å². The predicted molar refractivity (Wildman–Crippen MR) is 75.7 cm³/mol. The van der Waals surface area contributed by atoms with Gasteiger partial charge in [-0.05, 0) is 18.1 Å². The summed E-state index contributed by atoms with van der Waals surface area (Å²) in [6, 6.07) is 7.12. The molecule has 0 spiro atoms. The lowest BCUT2D eigenvalue weighted by Crippen LogP contribution is -2.31. The van der Waals surface area contributed by atoms with Crippen molar-refractivity contribution in [3.05, 3.63) is 41.1 Å². The van der Waals surface area contributed by atoms with E-state index >= 15 is 0 Å². The maximum Gasteiger partial charge on any atom is 0.407 e. The largest absolute Gasteiger partial charge is 0.478 e. The standard InChI is InChI=1S/C15H14N2O4/c18-14(19)13-9-3-1-2-4-11(9)16-12-6-8-17(15(20)21)7-5-10(12)13/h1-4H,5-8H2,(H,18,19)(H,20,21). The Hall–Kier alpha value is -2.63. The molecule has 0 aliphatic carbocycles. The minimum atomic E-state index is -0.992. The van der Waals surface area contributed by atoms with Gasteiger partial charge in [0, 0.05) is 30.6 Å². The Balaban J connectivity index is 2.18. The van der Waals surface area contributed by atoms with Crippen molar-refractivity contribution in [1.82, 2.24) is 9.88 Å². The van der Waals surface area contributed by atoms with Gasteiger partial charge in [0.2, 0.25) is 0 Å². The van der Waals surface area contributed by atoms with Crippen molar-refractivity contribution in [2.45, 2.75) is 12.8 Å². The number of para-hydroxylation sites is 1. The number of nitrogens with zero attached hydrogens (tertiary/aromatic N) is 2. The molecule has 0 fully saturated rings. The molecule has 108 valence electrons. The normalized spacial score (nSPS) is 14.6. The maximum absolute atomic E-state index is 11.7. The van der Waals surface area contributed by atoms with E-state index in [1.165, 1.54) is 4.90 Å². The van der Waals surface area contributed by atoms with E-state index in [4.69, 9.17) is 5.11 Å². The van der Waals surface area contributed by atoms with Crippen LogP contribution in [0.4, 0.5) is 4.79 Å². The third-order valence-corrected chi connectivity index (χ3v) is 3.81. The van der Waals surface area contributed by atoms with Crippen LogP contribution >= 0.6 is 0 Å². The molecule has 0 unspecified atom stereocenters. The molecule has 0 saturated heterocycles. The van der Waals surface area contributed by atoms with Crippen LogP contribution in [0.25, 0.3) is 10.9 Å². The molecule has 1 amide bonds. The number of carbonyl (C=O) groups is 2. The van der Waals surface area contributed by atoms with Crippen LogP contribution in [0.15, 0.2) is 24.3 Å². The molecule has 1 aromatic heterocycles. The smallest absolute Gasteiger partial charge is 0.407 e. The molecular formula is C15H14N2O4. The van der Waals surface area contributed by atoms with Crippen LogP contribution in [0.1, 0.15) is 21.6 Å². The summed E-state index contributed by atoms with van der Waals surface area (Å²) in [6.45, 7) is 0.634. The van der Waals surface area contributed by atoms with Gasteiger partial charge in [-0.2, -0.15) is 0 Å². The third kappa shape index (κ3) is 2.29. The number of rotatable bonds is 1. The quantitative estimate of drug-likeness (QED) is 0.836. The molecule has 0 saturated carbocycles. The van der Waals surface area contributed by atoms with E-state index in [-0.39, 0.29) is 5.56 Å². The summed E-state index contributed by atoms with van der Waals surface area (Å²) in [6.07, 6.45) is -0.169. The summed E-state index contributed by atoms with van der Waals surface area (Å²) >= 11 is 0. The highest BCUT2D eigenvalue weighted by molar-refractivity contribution is 6.04. The van der Waals surface area contributed by atoms with Crippen LogP contribution in [-0.4, -0.2) is 45.2 Å². The van der Waals surface area contributed by atoms with Gasteiger partial charge in [-0.15, -0.1) is 0 Å². The highest BCUT2D eigenvalue weighted by Crippen LogP contribution is 2.26. The molecule has 0 bridgehead atoms. The van der Waals surface area contributed by atoms with E-state index in [0.717, 1.165) is 0 Å². The molecular weight excluding hydrogens is 272 g/mol. The number of amides is 1. The molecule has 1 aromatic carbocycles. The fraction of sp³-hybridized carbons (Fsp3) is 0.267. The average Bonchev–Trinajstić information content (AvgIpc) is 2.66. The second-order valence-corrected chi connectivity index (χ2v) is 5.00. The summed E-state index contributed by atoms with van der Waals surface area (Å²) in [5.41, 5.74) is 2.24. The Morgan fingerprint density at radius 2 is 1.81 bits per heavy atom. The fourth-order valence-electron chi connectivity index (χ4n) is 2.81. The van der Waals surface area contributed by atoms with Crippen molar-refractivity contribution in [2.24, 2.45) is 0 Å². The van der Waals surface area contributed by atoms with Crippen molar-refractivity contribution in [1.29, 1.82) is 0 Å². The van der Waals surface area contributed by atoms with Gasteiger partial charge in [0.25, 0.3) is 0 Å². The first-order chi connectivity index (χ1) is 10.1. The van der Waals surface area contributed by atoms with E-state index in [0.29, 0.717) is 48.1 Å². The van der Waals surface area contributed by atoms with Gasteiger partial charge in [-0.25, -0.2) is 9.59 Å². The zero-order chi connectivity index (χ0) is 15.0. The second-order valence-electron chi connectivity index (χ2n) is 5.00. The monoisotopic (exact) mass is 286 g/mol. The summed E-state index contributed by atoms with van der Waals surface area (Å²) in [7, 11) is 0. The van der Waals surface area contributed by atoms with Crippen LogP contribution < -0.4 is 0 Å². The van der Waals surface area contributed by atoms with E-state index in [1.54, 1.807) is 18.2 Å². The lowest BCUT2D eigenvalue weighted by molar-refractivity contribution is 0.0697. The number of benzene rings is 1. The summed E-state index contributed by atoms with van der Waals surface area (Å²) < 4.78 is 0. The topological polar surface area (TPSA) is 90.7 Å². The molecule has 6 nitrogen and oxygen atoms in total. The zero-order valence-corrected chi connectivity index (χ0v) is 11.2. The molecule has 1 aliphatic heterocycles. The van der Waals surface area contributed by atoms with Crippen LogP contribution in [0.5, 0.6) is 0 Å². The molecule has 2 N–H and O–H groups in total. The van der Waals surface area contributed by atoms with Gasteiger partial charge >= 0.3 is 12.1 Å². The SMILES string of the molecule is O=C(O)c1c2c(nc3ccccc13)CCN(C(=O)O)CC2. The number of fused-ring (bicyclic) bond motifs is 2. The number of carboxylic acid groups (broad SMARTS) is 2. The van der Waals surface area contributed by atoms with Crippen LogP contribution in [-0.2, 0) is 12.8 Å². The van der Waals surface area contributed by atoms with Gasteiger partial charge in [0.15, 0.2) is 0 Å². The average molecular weight is 286 g/mol. The Morgan fingerprint density at radius 1 is 1.10 bits per heavy atom. The summed E-state index contributed by atoms with van der Waals surface area (Å²) in [5.74, 6) is -0.992. The molecule has 2 heterocycles. The third-order valence-electron chi connectivity index (χ3n) is 3.81. The lowest BCUT2D eigenvalue weighted by atomic mass is 9.97. The Labute approximate surface area is 120 Å². The summed E-state index contributed by atoms with van der Waals surface area (Å²) in [5, 5.41) is 19.3. The number of aromatic carboxylic acids is 1. The van der Waals surface area contributed by atoms with Crippen molar-refractivity contribution >= 4 is 23.0 Å². The van der Waals surface area contributed by atoms with Gasteiger partial charge in [0.05, 0.1) is 11.1 Å². The minimum absolute atomic E-state index is 0.253. The van der Waals surface area contributed by atoms with Gasteiger partial charge in [-0.1, -0.05) is 18.2 Å². The number of pyridine rings is 1. The highest BCUT2D eigenvalue weighted by Gasteiger charge is 2.24. The predicted octanol–water partition coefficient (Wildman–Crippen LogP) is 2.01. The first-order valence-corrected chi connectivity index (χ1v) is 6.69. The van der Waals surface area contributed by atoms with E-state index < -0.39 is 12.1 Å². The van der Waals surface area contributed by atoms with Crippen molar-refractivity contribution < 1.29 is 19.8 Å². The van der Waals surface area contributed by atoms with Crippen molar-refractivity contribution in [3.63, 3.8) is 0 Å². The Morgan fingerprint density at radius 3 is 2.52 bits per heavy atom. The molecule has 6 heteroatoms. The first-order valence-electron chi connectivity index (χ1n) is 6.69. The summed E-state index contributed by atoms with van der Waals surface area (Å²) in [4.78, 5) is 28.6. The number of aromatic nitrogens is 1. The fourth-order valence-corrected chi connectivity index (χ4v) is 2.81. The number of hydrogen-bond donors (Lipinski definition) is 2. The second kappa shape index (κ2) is 5.05. The molecule has 21 heavy (non-hydrogen) atoms. The Bertz CT molecular complexity index is 742. The van der Waals surface area contributed by atoms with Crippen molar-refractivity contribution in [3.8, 4) is 0 Å². The molecule has 0 atom stereocenters. The van der Waals surface area contributed by atoms with E-state index in [2.05, 4.69) is 4.98 Å². The molecule has 0 radical (unpaired) electrons. The van der Waals surface area contributed by atoms with Gasteiger partial charge < -0.3 is 15.1 Å². The molecule has 1 aliphatic rings. The van der Waals surface area contributed by atoms with Gasteiger partial charge in [0.1, 0.15) is 0 Å². The van der Waals surface area contributed by atoms with Crippen LogP contribution in [0, 0.1) is 0 Å². The minimum Gasteiger partial charge on any atom is -0.478 e. The lowest BCUT2D eigenvalue weighted by Gasteiger charge is -2.15. The van der Waals surface area contributed by atoms with E-state index in [1.807, 2.05) is 6.07 Å². The Kier molecular flexibility index (Phi) is 3.21. The van der Waals surface area contributed by atoms with Gasteiger partial charge in [-0.3, -0.25) is 4.98 Å². The number of hydrogen-bond acceptors (Lipinski definition) is 3. The highest BCUT2D eigenvalue weighted by atomic mass is 16.4. The van der Waals surface area contributed by atoms with Crippen molar-refractivity contribution in [2.75, 3.05) is 13.1 Å². The number of carboxylic acids is 1. The first kappa shape index (κ1) is 13.4. The molecule has 3 rings (SSSR count). The van der Waals surface area contributed by atoms with E-state index in [9.17, 15) is 14.7 Å². The van der Waals surface area contributed by atoms with Crippen LogP contribution in [0.3, 0.4) is 0 Å². The zero-order valence-electron chi connectivity index (χ0n) is 11.2. The maximum atomic E-state index is 11.7. The molecule has 2 aromatic rings.